The molecule has 0 fully saturated rings. The highest BCUT2D eigenvalue weighted by Crippen LogP contribution is 2.28. The molecule has 4 nitrogen and oxygen atoms in total. The Labute approximate surface area is 163 Å². The molecule has 27 heavy (non-hydrogen) atoms. The van der Waals surface area contributed by atoms with Gasteiger partial charge in [0.1, 0.15) is 0 Å². The minimum absolute atomic E-state index is 0.125. The van der Waals surface area contributed by atoms with Crippen LogP contribution in [-0.2, 0) is 17.8 Å². The zero-order chi connectivity index (χ0) is 19.0. The number of anilines is 1. The fourth-order valence-electron chi connectivity index (χ4n) is 3.10. The lowest BCUT2D eigenvalue weighted by atomic mass is 10.1. The predicted octanol–water partition coefficient (Wildman–Crippen LogP) is 4.54. The summed E-state index contributed by atoms with van der Waals surface area (Å²) in [7, 11) is 0. The van der Waals surface area contributed by atoms with Gasteiger partial charge in [-0.05, 0) is 48.6 Å². The van der Waals surface area contributed by atoms with E-state index in [0.717, 1.165) is 31.6 Å². The number of benzene rings is 1. The normalized spacial score (nSPS) is 15.4. The van der Waals surface area contributed by atoms with Crippen LogP contribution in [0.2, 0.25) is 0 Å². The summed E-state index contributed by atoms with van der Waals surface area (Å²) in [5.74, 6) is -1.94. The number of thiophene rings is 1. The number of nitrogens with zero attached hydrogens (tertiary/aromatic N) is 2. The number of halogens is 2. The van der Waals surface area contributed by atoms with Gasteiger partial charge in [0.2, 0.25) is 5.91 Å². The fraction of sp³-hybridized carbons (Fsp3) is 0.263. The smallest absolute Gasteiger partial charge is 0.243 e. The Morgan fingerprint density at radius 1 is 1.26 bits per heavy atom. The minimum atomic E-state index is -0.919. The molecule has 140 valence electrons. The van der Waals surface area contributed by atoms with E-state index in [1.165, 1.54) is 27.8 Å². The molecule has 0 spiro atoms. The van der Waals surface area contributed by atoms with Crippen molar-refractivity contribution in [1.29, 1.82) is 0 Å². The second-order valence-electron chi connectivity index (χ2n) is 6.42. The Kier molecular flexibility index (Phi) is 5.03. The average molecular weight is 405 g/mol. The Morgan fingerprint density at radius 3 is 2.93 bits per heavy atom. The number of fused-ring (bicyclic) bond motifs is 1. The number of hydrogen-bond acceptors (Lipinski definition) is 5. The van der Waals surface area contributed by atoms with Crippen LogP contribution in [0, 0.1) is 11.6 Å². The van der Waals surface area contributed by atoms with E-state index in [-0.39, 0.29) is 11.9 Å². The Hall–Kier alpha value is -2.16. The molecule has 1 unspecified atom stereocenters. The van der Waals surface area contributed by atoms with E-state index in [1.807, 2.05) is 6.92 Å². The summed E-state index contributed by atoms with van der Waals surface area (Å²) in [5, 5.41) is 7.08. The zero-order valence-corrected chi connectivity index (χ0v) is 16.2. The molecule has 8 heteroatoms. The number of thiazole rings is 1. The molecule has 0 bridgehead atoms. The largest absolute Gasteiger partial charge is 0.301 e. The Morgan fingerprint density at radius 2 is 2.11 bits per heavy atom. The van der Waals surface area contributed by atoms with Crippen molar-refractivity contribution >= 4 is 33.7 Å². The second-order valence-corrected chi connectivity index (χ2v) is 8.28. The van der Waals surface area contributed by atoms with E-state index in [4.69, 9.17) is 0 Å². The predicted molar refractivity (Wildman–Crippen MR) is 104 cm³/mol. The lowest BCUT2D eigenvalue weighted by Crippen LogP contribution is -2.44. The van der Waals surface area contributed by atoms with Gasteiger partial charge in [0.05, 0.1) is 11.7 Å². The van der Waals surface area contributed by atoms with E-state index in [2.05, 4.69) is 26.6 Å². The first kappa shape index (κ1) is 18.2. The average Bonchev–Trinajstić information content (AvgIpc) is 3.32. The molecule has 0 aliphatic carbocycles. The maximum Gasteiger partial charge on any atom is 0.243 e. The van der Waals surface area contributed by atoms with Crippen LogP contribution >= 0.6 is 22.7 Å². The molecule has 1 atom stereocenters. The van der Waals surface area contributed by atoms with E-state index in [9.17, 15) is 13.6 Å². The Bertz CT molecular complexity index is 985. The van der Waals surface area contributed by atoms with Crippen LogP contribution in [0.15, 0.2) is 35.0 Å². The van der Waals surface area contributed by atoms with Crippen LogP contribution in [0.1, 0.15) is 17.4 Å². The van der Waals surface area contributed by atoms with E-state index in [1.54, 1.807) is 16.7 Å². The quantitative estimate of drug-likeness (QED) is 0.693. The number of nitrogens with one attached hydrogen (secondary N) is 1. The number of hydrogen-bond donors (Lipinski definition) is 1. The van der Waals surface area contributed by atoms with E-state index in [0.29, 0.717) is 16.4 Å². The highest BCUT2D eigenvalue weighted by molar-refractivity contribution is 7.14. The molecule has 1 N–H and O–H groups in total. The van der Waals surface area contributed by atoms with E-state index >= 15 is 0 Å². The third-order valence-electron chi connectivity index (χ3n) is 4.71. The summed E-state index contributed by atoms with van der Waals surface area (Å²) in [6.07, 6.45) is 0.960. The first-order chi connectivity index (χ1) is 13.0. The van der Waals surface area contributed by atoms with Crippen molar-refractivity contribution in [3.63, 3.8) is 0 Å². The van der Waals surface area contributed by atoms with Crippen LogP contribution in [-0.4, -0.2) is 28.4 Å². The molecule has 1 aliphatic rings. The second kappa shape index (κ2) is 7.46. The van der Waals surface area contributed by atoms with Crippen molar-refractivity contribution in [3.8, 4) is 11.3 Å². The lowest BCUT2D eigenvalue weighted by molar-refractivity contribution is -0.121. The maximum atomic E-state index is 13.4. The molecule has 1 aliphatic heterocycles. The van der Waals surface area contributed by atoms with Gasteiger partial charge in [-0.1, -0.05) is 0 Å². The van der Waals surface area contributed by atoms with Crippen LogP contribution in [0.25, 0.3) is 11.3 Å². The summed E-state index contributed by atoms with van der Waals surface area (Å²) >= 11 is 3.03. The highest BCUT2D eigenvalue weighted by atomic mass is 32.1. The van der Waals surface area contributed by atoms with Crippen molar-refractivity contribution < 1.29 is 13.6 Å². The van der Waals surface area contributed by atoms with Gasteiger partial charge in [0.15, 0.2) is 16.8 Å². The molecule has 2 aromatic heterocycles. The lowest BCUT2D eigenvalue weighted by Gasteiger charge is -2.31. The summed E-state index contributed by atoms with van der Waals surface area (Å²) in [6, 6.07) is 5.47. The molecule has 0 radical (unpaired) electrons. The highest BCUT2D eigenvalue weighted by Gasteiger charge is 2.26. The molecule has 1 amide bonds. The number of carbonyl (C=O) groups excluding carboxylic acids is 1. The monoisotopic (exact) mass is 405 g/mol. The van der Waals surface area contributed by atoms with Crippen LogP contribution in [0.4, 0.5) is 13.9 Å². The maximum absolute atomic E-state index is 13.4. The van der Waals surface area contributed by atoms with Crippen molar-refractivity contribution in [2.24, 2.45) is 0 Å². The van der Waals surface area contributed by atoms with E-state index < -0.39 is 11.6 Å². The number of aromatic nitrogens is 1. The van der Waals surface area contributed by atoms with Crippen LogP contribution in [0.5, 0.6) is 0 Å². The van der Waals surface area contributed by atoms with Gasteiger partial charge in [-0.2, -0.15) is 0 Å². The van der Waals surface area contributed by atoms with Crippen LogP contribution in [0.3, 0.4) is 0 Å². The van der Waals surface area contributed by atoms with Crippen molar-refractivity contribution in [3.05, 3.63) is 57.1 Å². The van der Waals surface area contributed by atoms with Crippen molar-refractivity contribution in [2.75, 3.05) is 11.9 Å². The molecule has 4 rings (SSSR count). The molecular formula is C19H17F2N3OS2. The molecule has 0 saturated heterocycles. The summed E-state index contributed by atoms with van der Waals surface area (Å²) < 4.78 is 26.5. The van der Waals surface area contributed by atoms with Crippen molar-refractivity contribution in [1.82, 2.24) is 9.88 Å². The molecule has 3 heterocycles. The number of rotatable bonds is 4. The molecule has 1 aromatic carbocycles. The number of amides is 1. The fourth-order valence-corrected chi connectivity index (χ4v) is 4.71. The third kappa shape index (κ3) is 3.78. The van der Waals surface area contributed by atoms with Gasteiger partial charge in [-0.25, -0.2) is 13.8 Å². The van der Waals surface area contributed by atoms with Crippen LogP contribution < -0.4 is 5.32 Å². The SMILES string of the molecule is CC(C(=O)Nc1nc(-c2ccc(F)c(F)c2)cs1)N1CCc2sccc2C1. The summed E-state index contributed by atoms with van der Waals surface area (Å²) in [5.41, 5.74) is 2.27. The molecular weight excluding hydrogens is 388 g/mol. The topological polar surface area (TPSA) is 45.2 Å². The zero-order valence-electron chi connectivity index (χ0n) is 14.5. The summed E-state index contributed by atoms with van der Waals surface area (Å²) in [6.45, 7) is 3.50. The molecule has 3 aromatic rings. The standard InChI is InChI=1S/C19H17F2N3OS2/c1-11(24-6-4-17-13(9-24)5-7-26-17)18(25)23-19-22-16(10-27-19)12-2-3-14(20)15(21)8-12/h2-3,5,7-8,10-11H,4,6,9H2,1H3,(H,22,23,25). The van der Waals surface area contributed by atoms with Gasteiger partial charge in [0.25, 0.3) is 0 Å². The van der Waals surface area contributed by atoms with Gasteiger partial charge in [0, 0.05) is 28.9 Å². The first-order valence-corrected chi connectivity index (χ1v) is 10.3. The summed E-state index contributed by atoms with van der Waals surface area (Å²) in [4.78, 5) is 20.5. The first-order valence-electron chi connectivity index (χ1n) is 8.52. The Balaban J connectivity index is 1.42. The minimum Gasteiger partial charge on any atom is -0.301 e. The van der Waals surface area contributed by atoms with Crippen molar-refractivity contribution in [2.45, 2.75) is 25.9 Å². The molecule has 0 saturated carbocycles. The number of carbonyl (C=O) groups is 1. The van der Waals surface area contributed by atoms with Gasteiger partial charge in [-0.15, -0.1) is 22.7 Å². The van der Waals surface area contributed by atoms with Gasteiger partial charge in [-0.3, -0.25) is 9.69 Å². The van der Waals surface area contributed by atoms with Gasteiger partial charge < -0.3 is 5.32 Å². The van der Waals surface area contributed by atoms with Gasteiger partial charge >= 0.3 is 0 Å². The third-order valence-corrected chi connectivity index (χ3v) is 6.49.